The molecular weight excluding hydrogens is 194 g/mol. The molecule has 78 valence electrons. The van der Waals surface area contributed by atoms with E-state index in [0.29, 0.717) is 6.04 Å². The zero-order chi connectivity index (χ0) is 9.10. The predicted molar refractivity (Wildman–Crippen MR) is 62.9 cm³/mol. The molecule has 2 rings (SSSR count). The van der Waals surface area contributed by atoms with E-state index in [-0.39, 0.29) is 12.4 Å². The van der Waals surface area contributed by atoms with Gasteiger partial charge < -0.3 is 0 Å². The van der Waals surface area contributed by atoms with Gasteiger partial charge in [-0.25, -0.2) is 0 Å². The van der Waals surface area contributed by atoms with Gasteiger partial charge in [-0.05, 0) is 38.4 Å². The molecule has 2 heteroatoms. The van der Waals surface area contributed by atoms with Gasteiger partial charge in [0.1, 0.15) is 0 Å². The molecule has 1 unspecified atom stereocenters. The fourth-order valence-corrected chi connectivity index (χ4v) is 2.07. The smallest absolute Gasteiger partial charge is 0.0319 e. The minimum atomic E-state index is 0. The van der Waals surface area contributed by atoms with Crippen LogP contribution in [0.2, 0.25) is 0 Å². The quantitative estimate of drug-likeness (QED) is 0.726. The summed E-state index contributed by atoms with van der Waals surface area (Å²) < 4.78 is 0. The highest BCUT2D eigenvalue weighted by molar-refractivity contribution is 5.85. The summed E-state index contributed by atoms with van der Waals surface area (Å²) in [5.74, 6) is 0. The summed E-state index contributed by atoms with van der Waals surface area (Å²) in [5, 5.41) is 0. The van der Waals surface area contributed by atoms with Crippen molar-refractivity contribution in [3.8, 4) is 0 Å². The second-order valence-electron chi connectivity index (χ2n) is 3.83. The highest BCUT2D eigenvalue weighted by Crippen LogP contribution is 2.23. The third-order valence-corrected chi connectivity index (χ3v) is 2.97. The maximum absolute atomic E-state index is 2.56. The Balaban J connectivity index is 0.000000980. The second-order valence-corrected chi connectivity index (χ2v) is 3.83. The predicted octanol–water partition coefficient (Wildman–Crippen LogP) is 3.27. The Bertz CT molecular complexity index is 254. The molecule has 0 aromatic heterocycles. The third-order valence-electron chi connectivity index (χ3n) is 2.97. The lowest BCUT2D eigenvalue weighted by molar-refractivity contribution is 0.263. The van der Waals surface area contributed by atoms with Gasteiger partial charge in [0.05, 0.1) is 0 Å². The SMILES string of the molecule is CC(c1ccccc1)N1CCCC1.Cl. The van der Waals surface area contributed by atoms with Crippen LogP contribution in [0.3, 0.4) is 0 Å². The molecule has 1 saturated heterocycles. The molecule has 1 aromatic rings. The molecule has 0 spiro atoms. The van der Waals surface area contributed by atoms with Gasteiger partial charge in [0.25, 0.3) is 0 Å². The number of rotatable bonds is 2. The minimum Gasteiger partial charge on any atom is -0.297 e. The third kappa shape index (κ3) is 2.49. The Hall–Kier alpha value is -0.530. The van der Waals surface area contributed by atoms with Crippen molar-refractivity contribution >= 4 is 12.4 Å². The summed E-state index contributed by atoms with van der Waals surface area (Å²) in [6.07, 6.45) is 2.74. The van der Waals surface area contributed by atoms with E-state index in [1.807, 2.05) is 0 Å². The molecule has 14 heavy (non-hydrogen) atoms. The molecule has 0 bridgehead atoms. The van der Waals surface area contributed by atoms with Crippen molar-refractivity contribution in [3.05, 3.63) is 35.9 Å². The summed E-state index contributed by atoms with van der Waals surface area (Å²) in [6, 6.07) is 11.4. The lowest BCUT2D eigenvalue weighted by atomic mass is 10.1. The van der Waals surface area contributed by atoms with E-state index in [1.54, 1.807) is 0 Å². The van der Waals surface area contributed by atoms with Crippen LogP contribution in [-0.2, 0) is 0 Å². The van der Waals surface area contributed by atoms with Gasteiger partial charge in [-0.2, -0.15) is 0 Å². The summed E-state index contributed by atoms with van der Waals surface area (Å²) in [7, 11) is 0. The van der Waals surface area contributed by atoms with E-state index in [2.05, 4.69) is 42.2 Å². The van der Waals surface area contributed by atoms with Crippen LogP contribution in [0.5, 0.6) is 0 Å². The molecule has 1 nitrogen and oxygen atoms in total. The largest absolute Gasteiger partial charge is 0.297 e. The van der Waals surface area contributed by atoms with Gasteiger partial charge in [-0.3, -0.25) is 4.90 Å². The molecule has 1 atom stereocenters. The fraction of sp³-hybridized carbons (Fsp3) is 0.500. The highest BCUT2D eigenvalue weighted by Gasteiger charge is 2.18. The Kier molecular flexibility index (Phi) is 4.43. The van der Waals surface area contributed by atoms with Gasteiger partial charge in [0.15, 0.2) is 0 Å². The summed E-state index contributed by atoms with van der Waals surface area (Å²) in [6.45, 7) is 4.85. The Morgan fingerprint density at radius 2 is 1.64 bits per heavy atom. The molecule has 1 heterocycles. The maximum Gasteiger partial charge on any atom is 0.0319 e. The van der Waals surface area contributed by atoms with Crippen molar-refractivity contribution < 1.29 is 0 Å². The van der Waals surface area contributed by atoms with Crippen LogP contribution in [0.25, 0.3) is 0 Å². The first-order valence-corrected chi connectivity index (χ1v) is 5.17. The first-order valence-electron chi connectivity index (χ1n) is 5.17. The average molecular weight is 212 g/mol. The Morgan fingerprint density at radius 3 is 2.21 bits per heavy atom. The van der Waals surface area contributed by atoms with Gasteiger partial charge in [0, 0.05) is 6.04 Å². The molecule has 1 aromatic carbocycles. The van der Waals surface area contributed by atoms with E-state index in [9.17, 15) is 0 Å². The monoisotopic (exact) mass is 211 g/mol. The number of halogens is 1. The number of likely N-dealkylation sites (tertiary alicyclic amines) is 1. The summed E-state index contributed by atoms with van der Waals surface area (Å²) >= 11 is 0. The van der Waals surface area contributed by atoms with Crippen LogP contribution >= 0.6 is 12.4 Å². The van der Waals surface area contributed by atoms with Crippen LogP contribution in [0.4, 0.5) is 0 Å². The fourth-order valence-electron chi connectivity index (χ4n) is 2.07. The van der Waals surface area contributed by atoms with Crippen LogP contribution < -0.4 is 0 Å². The van der Waals surface area contributed by atoms with E-state index in [0.717, 1.165) is 0 Å². The number of nitrogens with zero attached hydrogens (tertiary/aromatic N) is 1. The number of benzene rings is 1. The van der Waals surface area contributed by atoms with Crippen molar-refractivity contribution in [1.82, 2.24) is 4.90 Å². The molecule has 0 saturated carbocycles. The highest BCUT2D eigenvalue weighted by atomic mass is 35.5. The van der Waals surface area contributed by atoms with E-state index >= 15 is 0 Å². The zero-order valence-electron chi connectivity index (χ0n) is 8.65. The summed E-state index contributed by atoms with van der Waals surface area (Å²) in [4.78, 5) is 2.56. The second kappa shape index (κ2) is 5.38. The molecule has 0 aliphatic carbocycles. The van der Waals surface area contributed by atoms with E-state index in [4.69, 9.17) is 0 Å². The lowest BCUT2D eigenvalue weighted by Crippen LogP contribution is -2.22. The molecule has 1 fully saturated rings. The van der Waals surface area contributed by atoms with Crippen LogP contribution in [-0.4, -0.2) is 18.0 Å². The standard InChI is InChI=1S/C12H17N.ClH/c1-11(13-9-5-6-10-13)12-7-3-2-4-8-12;/h2-4,7-8,11H,5-6,9-10H2,1H3;1H. The van der Waals surface area contributed by atoms with Crippen molar-refractivity contribution in [2.24, 2.45) is 0 Å². The molecular formula is C12H18ClN. The van der Waals surface area contributed by atoms with Gasteiger partial charge >= 0.3 is 0 Å². The first-order chi connectivity index (χ1) is 6.38. The minimum absolute atomic E-state index is 0. The number of hydrogen-bond donors (Lipinski definition) is 0. The molecule has 0 N–H and O–H groups in total. The zero-order valence-corrected chi connectivity index (χ0v) is 9.46. The molecule has 1 aliphatic heterocycles. The topological polar surface area (TPSA) is 3.24 Å². The van der Waals surface area contributed by atoms with Crippen LogP contribution in [0.15, 0.2) is 30.3 Å². The van der Waals surface area contributed by atoms with Gasteiger partial charge in [0.2, 0.25) is 0 Å². The first kappa shape index (κ1) is 11.5. The van der Waals surface area contributed by atoms with E-state index in [1.165, 1.54) is 31.5 Å². The van der Waals surface area contributed by atoms with E-state index < -0.39 is 0 Å². The van der Waals surface area contributed by atoms with Gasteiger partial charge in [-0.1, -0.05) is 30.3 Å². The average Bonchev–Trinajstić information content (AvgIpc) is 2.71. The molecule has 0 radical (unpaired) electrons. The lowest BCUT2D eigenvalue weighted by Gasteiger charge is -2.23. The number of hydrogen-bond acceptors (Lipinski definition) is 1. The van der Waals surface area contributed by atoms with Gasteiger partial charge in [-0.15, -0.1) is 12.4 Å². The molecule has 1 aliphatic rings. The maximum atomic E-state index is 2.56. The van der Waals surface area contributed by atoms with Crippen LogP contribution in [0, 0.1) is 0 Å². The Labute approximate surface area is 92.5 Å². The normalized spacial score (nSPS) is 18.9. The summed E-state index contributed by atoms with van der Waals surface area (Å²) in [5.41, 5.74) is 1.45. The van der Waals surface area contributed by atoms with Crippen molar-refractivity contribution in [1.29, 1.82) is 0 Å². The van der Waals surface area contributed by atoms with Crippen molar-refractivity contribution in [3.63, 3.8) is 0 Å². The van der Waals surface area contributed by atoms with Crippen molar-refractivity contribution in [2.45, 2.75) is 25.8 Å². The van der Waals surface area contributed by atoms with Crippen molar-refractivity contribution in [2.75, 3.05) is 13.1 Å². The molecule has 0 amide bonds. The van der Waals surface area contributed by atoms with Crippen LogP contribution in [0.1, 0.15) is 31.4 Å². The Morgan fingerprint density at radius 1 is 1.07 bits per heavy atom.